The highest BCUT2D eigenvalue weighted by atomic mass is 16.4. The van der Waals surface area contributed by atoms with Crippen molar-refractivity contribution in [3.63, 3.8) is 0 Å². The van der Waals surface area contributed by atoms with Gasteiger partial charge >= 0.3 is 0 Å². The molecule has 1 saturated heterocycles. The number of carbonyl (C=O) groups excluding carboxylic acids is 1. The van der Waals surface area contributed by atoms with E-state index in [1.54, 1.807) is 0 Å². The van der Waals surface area contributed by atoms with Crippen LogP contribution in [0.5, 0.6) is 0 Å². The van der Waals surface area contributed by atoms with Gasteiger partial charge in [-0.3, -0.25) is 4.79 Å². The Hall–Kier alpha value is -1.39. The topological polar surface area (TPSA) is 59.2 Å². The summed E-state index contributed by atoms with van der Waals surface area (Å²) in [7, 11) is 0. The van der Waals surface area contributed by atoms with E-state index in [-0.39, 0.29) is 0 Å². The van der Waals surface area contributed by atoms with Crippen LogP contribution in [0.4, 0.5) is 0 Å². The van der Waals surface area contributed by atoms with E-state index in [9.17, 15) is 4.79 Å². The van der Waals surface area contributed by atoms with Gasteiger partial charge in [-0.1, -0.05) is 19.3 Å². The second-order valence-corrected chi connectivity index (χ2v) is 7.62. The van der Waals surface area contributed by atoms with Gasteiger partial charge in [-0.05, 0) is 44.4 Å². The average Bonchev–Trinajstić information content (AvgIpc) is 3.33. The van der Waals surface area contributed by atoms with Crippen LogP contribution in [0.3, 0.4) is 0 Å². The Bertz CT molecular complexity index is 538. The van der Waals surface area contributed by atoms with E-state index in [1.807, 2.05) is 0 Å². The summed E-state index contributed by atoms with van der Waals surface area (Å²) in [6.45, 7) is 1.69. The first-order chi connectivity index (χ1) is 11.3. The van der Waals surface area contributed by atoms with E-state index in [0.717, 1.165) is 44.1 Å². The first-order valence-corrected chi connectivity index (χ1v) is 9.40. The summed E-state index contributed by atoms with van der Waals surface area (Å²) in [5.74, 6) is 3.48. The fraction of sp³-hybridized carbons (Fsp3) is 0.833. The molecule has 2 aliphatic carbocycles. The molecule has 1 aromatic rings. The standard InChI is InChI=1S/C18H27N3O2/c22-16(12-13-4-2-1-3-5-13)21-10-8-15(9-11-21)18-20-19-17(23-18)14-6-7-14/h13-15H,1-12H2. The second kappa shape index (κ2) is 6.62. The molecule has 126 valence electrons. The summed E-state index contributed by atoms with van der Waals surface area (Å²) < 4.78 is 5.84. The van der Waals surface area contributed by atoms with Gasteiger partial charge in [0.1, 0.15) is 0 Å². The van der Waals surface area contributed by atoms with Gasteiger partial charge in [-0.25, -0.2) is 0 Å². The molecule has 0 N–H and O–H groups in total. The van der Waals surface area contributed by atoms with E-state index in [2.05, 4.69) is 15.1 Å². The zero-order chi connectivity index (χ0) is 15.6. The third-order valence-electron chi connectivity index (χ3n) is 5.77. The predicted molar refractivity (Wildman–Crippen MR) is 86.0 cm³/mol. The van der Waals surface area contributed by atoms with Crippen LogP contribution >= 0.6 is 0 Å². The molecule has 0 bridgehead atoms. The summed E-state index contributed by atoms with van der Waals surface area (Å²) >= 11 is 0. The number of aromatic nitrogens is 2. The number of amides is 1. The molecular weight excluding hydrogens is 290 g/mol. The van der Waals surface area contributed by atoms with E-state index < -0.39 is 0 Å². The zero-order valence-electron chi connectivity index (χ0n) is 13.9. The van der Waals surface area contributed by atoms with Crippen LogP contribution in [-0.2, 0) is 4.79 Å². The van der Waals surface area contributed by atoms with Gasteiger partial charge in [0.05, 0.1) is 0 Å². The molecule has 4 rings (SSSR count). The highest BCUT2D eigenvalue weighted by Gasteiger charge is 2.32. The van der Waals surface area contributed by atoms with Crippen LogP contribution in [0, 0.1) is 5.92 Å². The molecule has 0 atom stereocenters. The SMILES string of the molecule is O=C(CC1CCCCC1)N1CCC(c2nnc(C3CC3)o2)CC1. The highest BCUT2D eigenvalue weighted by Crippen LogP contribution is 2.40. The summed E-state index contributed by atoms with van der Waals surface area (Å²) in [4.78, 5) is 14.5. The van der Waals surface area contributed by atoms with Gasteiger partial charge < -0.3 is 9.32 Å². The van der Waals surface area contributed by atoms with Crippen molar-refractivity contribution in [1.29, 1.82) is 0 Å². The van der Waals surface area contributed by atoms with Crippen molar-refractivity contribution in [2.24, 2.45) is 5.92 Å². The minimum absolute atomic E-state index is 0.341. The molecule has 2 saturated carbocycles. The minimum Gasteiger partial charge on any atom is -0.425 e. The Morgan fingerprint density at radius 1 is 0.913 bits per heavy atom. The lowest BCUT2D eigenvalue weighted by Gasteiger charge is -2.32. The maximum Gasteiger partial charge on any atom is 0.222 e. The summed E-state index contributed by atoms with van der Waals surface area (Å²) in [6.07, 6.45) is 11.5. The van der Waals surface area contributed by atoms with E-state index in [4.69, 9.17) is 4.42 Å². The molecule has 23 heavy (non-hydrogen) atoms. The van der Waals surface area contributed by atoms with Crippen LogP contribution < -0.4 is 0 Å². The van der Waals surface area contributed by atoms with E-state index >= 15 is 0 Å². The van der Waals surface area contributed by atoms with Crippen molar-refractivity contribution in [3.05, 3.63) is 11.8 Å². The molecule has 3 fully saturated rings. The maximum absolute atomic E-state index is 12.5. The summed E-state index contributed by atoms with van der Waals surface area (Å²) in [5, 5.41) is 8.43. The molecule has 1 aromatic heterocycles. The minimum atomic E-state index is 0.341. The van der Waals surface area contributed by atoms with Crippen molar-refractivity contribution < 1.29 is 9.21 Å². The Morgan fingerprint density at radius 3 is 2.13 bits per heavy atom. The quantitative estimate of drug-likeness (QED) is 0.851. The van der Waals surface area contributed by atoms with Gasteiger partial charge in [0.15, 0.2) is 0 Å². The smallest absolute Gasteiger partial charge is 0.222 e. The number of hydrogen-bond acceptors (Lipinski definition) is 4. The highest BCUT2D eigenvalue weighted by molar-refractivity contribution is 5.76. The first kappa shape index (κ1) is 15.2. The van der Waals surface area contributed by atoms with Crippen molar-refractivity contribution in [3.8, 4) is 0 Å². The Morgan fingerprint density at radius 2 is 1.52 bits per heavy atom. The molecule has 1 aliphatic heterocycles. The van der Waals surface area contributed by atoms with E-state index in [1.165, 1.54) is 44.9 Å². The molecule has 2 heterocycles. The zero-order valence-corrected chi connectivity index (χ0v) is 13.9. The number of piperidine rings is 1. The largest absolute Gasteiger partial charge is 0.425 e. The Kier molecular flexibility index (Phi) is 4.36. The second-order valence-electron chi connectivity index (χ2n) is 7.62. The average molecular weight is 317 g/mol. The summed E-state index contributed by atoms with van der Waals surface area (Å²) in [5.41, 5.74) is 0. The number of likely N-dealkylation sites (tertiary alicyclic amines) is 1. The molecule has 0 unspecified atom stereocenters. The van der Waals surface area contributed by atoms with Crippen LogP contribution in [0.2, 0.25) is 0 Å². The lowest BCUT2D eigenvalue weighted by atomic mass is 9.86. The Labute approximate surface area is 137 Å². The predicted octanol–water partition coefficient (Wildman–Crippen LogP) is 3.62. The van der Waals surface area contributed by atoms with Crippen LogP contribution in [-0.4, -0.2) is 34.1 Å². The van der Waals surface area contributed by atoms with Crippen molar-refractivity contribution >= 4 is 5.91 Å². The van der Waals surface area contributed by atoms with Gasteiger partial charge in [0, 0.05) is 31.3 Å². The fourth-order valence-corrected chi connectivity index (χ4v) is 4.05. The lowest BCUT2D eigenvalue weighted by molar-refractivity contribution is -0.133. The third-order valence-corrected chi connectivity index (χ3v) is 5.77. The molecular formula is C18H27N3O2. The molecule has 0 spiro atoms. The van der Waals surface area contributed by atoms with Crippen molar-refractivity contribution in [2.45, 2.75) is 76.0 Å². The molecule has 3 aliphatic rings. The maximum atomic E-state index is 12.5. The first-order valence-electron chi connectivity index (χ1n) is 9.40. The van der Waals surface area contributed by atoms with Gasteiger partial charge in [0.2, 0.25) is 17.7 Å². The number of carbonyl (C=O) groups is 1. The molecule has 1 amide bonds. The van der Waals surface area contributed by atoms with Crippen LogP contribution in [0.1, 0.15) is 87.8 Å². The summed E-state index contributed by atoms with van der Waals surface area (Å²) in [6, 6.07) is 0. The van der Waals surface area contributed by atoms with Gasteiger partial charge in [0.25, 0.3) is 0 Å². The monoisotopic (exact) mass is 317 g/mol. The fourth-order valence-electron chi connectivity index (χ4n) is 4.05. The molecule has 0 radical (unpaired) electrons. The van der Waals surface area contributed by atoms with Gasteiger partial charge in [-0.2, -0.15) is 0 Å². The molecule has 5 nitrogen and oxygen atoms in total. The normalized spacial score (nSPS) is 24.1. The number of nitrogens with zero attached hydrogens (tertiary/aromatic N) is 3. The lowest BCUT2D eigenvalue weighted by Crippen LogP contribution is -2.38. The Balaban J connectivity index is 1.27. The van der Waals surface area contributed by atoms with E-state index in [0.29, 0.717) is 23.7 Å². The molecule has 0 aromatic carbocycles. The molecule has 5 heteroatoms. The van der Waals surface area contributed by atoms with Crippen LogP contribution in [0.25, 0.3) is 0 Å². The van der Waals surface area contributed by atoms with Crippen LogP contribution in [0.15, 0.2) is 4.42 Å². The number of rotatable bonds is 4. The number of hydrogen-bond donors (Lipinski definition) is 0. The third kappa shape index (κ3) is 3.59. The van der Waals surface area contributed by atoms with Crippen molar-refractivity contribution in [1.82, 2.24) is 15.1 Å². The van der Waals surface area contributed by atoms with Gasteiger partial charge in [-0.15, -0.1) is 10.2 Å². The van der Waals surface area contributed by atoms with Crippen molar-refractivity contribution in [2.75, 3.05) is 13.1 Å².